The minimum Gasteiger partial charge on any atom is -0.497 e. The third-order valence-corrected chi connectivity index (χ3v) is 4.20. The number of carbonyl (C=O) groups is 1. The van der Waals surface area contributed by atoms with Gasteiger partial charge in [0.15, 0.2) is 17.3 Å². The molecule has 6 heteroatoms. The highest BCUT2D eigenvalue weighted by Crippen LogP contribution is 2.49. The Morgan fingerprint density at radius 3 is 2.16 bits per heavy atom. The second-order valence-corrected chi connectivity index (χ2v) is 5.53. The summed E-state index contributed by atoms with van der Waals surface area (Å²) in [6.07, 6.45) is -0.167. The Labute approximate surface area is 146 Å². The molecule has 3 rings (SSSR count). The topological polar surface area (TPSA) is 63.2 Å². The van der Waals surface area contributed by atoms with Crippen molar-refractivity contribution in [3.05, 3.63) is 41.5 Å². The van der Waals surface area contributed by atoms with Gasteiger partial charge in [-0.15, -0.1) is 0 Å². The first kappa shape index (κ1) is 17.0. The van der Waals surface area contributed by atoms with Crippen LogP contribution in [0, 0.1) is 0 Å². The van der Waals surface area contributed by atoms with Gasteiger partial charge in [-0.05, 0) is 17.7 Å². The van der Waals surface area contributed by atoms with E-state index in [9.17, 15) is 4.79 Å². The smallest absolute Gasteiger partial charge is 0.204 e. The van der Waals surface area contributed by atoms with Crippen molar-refractivity contribution in [3.8, 4) is 28.7 Å². The summed E-state index contributed by atoms with van der Waals surface area (Å²) >= 11 is 0. The van der Waals surface area contributed by atoms with Crippen molar-refractivity contribution in [2.45, 2.75) is 12.5 Å². The zero-order chi connectivity index (χ0) is 18.0. The van der Waals surface area contributed by atoms with E-state index in [1.165, 1.54) is 21.3 Å². The van der Waals surface area contributed by atoms with Crippen molar-refractivity contribution in [1.82, 2.24) is 0 Å². The first-order valence-corrected chi connectivity index (χ1v) is 7.79. The second-order valence-electron chi connectivity index (χ2n) is 5.53. The van der Waals surface area contributed by atoms with E-state index in [1.807, 2.05) is 24.3 Å². The molecule has 25 heavy (non-hydrogen) atoms. The van der Waals surface area contributed by atoms with Crippen molar-refractivity contribution in [2.75, 3.05) is 28.4 Å². The molecule has 1 heterocycles. The van der Waals surface area contributed by atoms with Gasteiger partial charge in [-0.25, -0.2) is 0 Å². The number of carbonyl (C=O) groups excluding carboxylic acids is 1. The van der Waals surface area contributed by atoms with E-state index >= 15 is 0 Å². The Morgan fingerprint density at radius 1 is 0.920 bits per heavy atom. The molecule has 0 fully saturated rings. The van der Waals surface area contributed by atoms with E-state index < -0.39 is 0 Å². The highest BCUT2D eigenvalue weighted by molar-refractivity contribution is 6.04. The van der Waals surface area contributed by atoms with Crippen LogP contribution in [-0.2, 0) is 0 Å². The molecule has 0 saturated heterocycles. The molecule has 0 unspecified atom stereocenters. The Bertz CT molecular complexity index is 781. The minimum absolute atomic E-state index is 0.0696. The molecule has 1 aliphatic rings. The van der Waals surface area contributed by atoms with Gasteiger partial charge in [0.1, 0.15) is 23.2 Å². The molecule has 0 aliphatic carbocycles. The molecule has 1 atom stereocenters. The lowest BCUT2D eigenvalue weighted by molar-refractivity contribution is 0.0842. The van der Waals surface area contributed by atoms with Crippen molar-refractivity contribution < 1.29 is 28.5 Å². The quantitative estimate of drug-likeness (QED) is 0.828. The molecule has 0 N–H and O–H groups in total. The van der Waals surface area contributed by atoms with Gasteiger partial charge in [0.05, 0.1) is 34.9 Å². The molecular formula is C19H20O6. The van der Waals surface area contributed by atoms with Crippen LogP contribution in [-0.4, -0.2) is 34.2 Å². The van der Waals surface area contributed by atoms with Crippen LogP contribution in [0.3, 0.4) is 0 Å². The van der Waals surface area contributed by atoms with Crippen LogP contribution >= 0.6 is 0 Å². The summed E-state index contributed by atoms with van der Waals surface area (Å²) in [7, 11) is 6.12. The van der Waals surface area contributed by atoms with Crippen molar-refractivity contribution in [2.24, 2.45) is 0 Å². The molecule has 2 aromatic carbocycles. The van der Waals surface area contributed by atoms with E-state index in [1.54, 1.807) is 13.2 Å². The van der Waals surface area contributed by atoms with Crippen LogP contribution in [0.15, 0.2) is 30.3 Å². The molecular weight excluding hydrogens is 324 g/mol. The standard InChI is InChI=1S/C19H20O6/c1-21-12-7-5-11(6-8-12)14-9-13(20)17-15(25-14)10-16(22-2)18(23-3)19(17)24-4/h5-8,10,14H,9H2,1-4H3/t14-/m1/s1. The van der Waals surface area contributed by atoms with Crippen LogP contribution in [0.1, 0.15) is 28.4 Å². The van der Waals surface area contributed by atoms with E-state index in [4.69, 9.17) is 23.7 Å². The summed E-state index contributed by atoms with van der Waals surface area (Å²) in [6.45, 7) is 0. The maximum Gasteiger partial charge on any atom is 0.204 e. The van der Waals surface area contributed by atoms with Gasteiger partial charge < -0.3 is 23.7 Å². The van der Waals surface area contributed by atoms with Crippen LogP contribution in [0.25, 0.3) is 0 Å². The lowest BCUT2D eigenvalue weighted by atomic mass is 9.95. The predicted octanol–water partition coefficient (Wildman–Crippen LogP) is 3.43. The maximum absolute atomic E-state index is 12.8. The van der Waals surface area contributed by atoms with Gasteiger partial charge in [0, 0.05) is 6.07 Å². The number of ketones is 1. The zero-order valence-electron chi connectivity index (χ0n) is 14.6. The fourth-order valence-corrected chi connectivity index (χ4v) is 2.96. The van der Waals surface area contributed by atoms with Gasteiger partial charge in [-0.2, -0.15) is 0 Å². The van der Waals surface area contributed by atoms with Crippen LogP contribution in [0.2, 0.25) is 0 Å². The first-order chi connectivity index (χ1) is 12.1. The highest BCUT2D eigenvalue weighted by atomic mass is 16.5. The van der Waals surface area contributed by atoms with Crippen molar-refractivity contribution in [3.63, 3.8) is 0 Å². The number of Topliss-reactive ketones (excluding diaryl/α,β-unsaturated/α-hetero) is 1. The SMILES string of the molecule is COc1ccc([C@H]2CC(=O)c3c(cc(OC)c(OC)c3OC)O2)cc1. The summed E-state index contributed by atoms with van der Waals surface area (Å²) in [6, 6.07) is 9.12. The predicted molar refractivity (Wildman–Crippen MR) is 91.4 cm³/mol. The summed E-state index contributed by atoms with van der Waals surface area (Å²) in [5, 5.41) is 0. The largest absolute Gasteiger partial charge is 0.497 e. The minimum atomic E-state index is -0.381. The van der Waals surface area contributed by atoms with Gasteiger partial charge in [0.2, 0.25) is 5.75 Å². The monoisotopic (exact) mass is 344 g/mol. The molecule has 0 saturated carbocycles. The van der Waals surface area contributed by atoms with Crippen LogP contribution in [0.4, 0.5) is 0 Å². The fourth-order valence-electron chi connectivity index (χ4n) is 2.96. The summed E-state index contributed by atoms with van der Waals surface area (Å²) in [5.41, 5.74) is 1.28. The highest BCUT2D eigenvalue weighted by Gasteiger charge is 2.34. The summed E-state index contributed by atoms with van der Waals surface area (Å²) < 4.78 is 27.3. The number of rotatable bonds is 5. The third-order valence-electron chi connectivity index (χ3n) is 4.20. The van der Waals surface area contributed by atoms with Crippen LogP contribution in [0.5, 0.6) is 28.7 Å². The Balaban J connectivity index is 2.03. The number of methoxy groups -OCH3 is 4. The fraction of sp³-hybridized carbons (Fsp3) is 0.316. The normalized spacial score (nSPS) is 15.8. The molecule has 0 radical (unpaired) electrons. The summed E-state index contributed by atoms with van der Waals surface area (Å²) in [4.78, 5) is 12.8. The second kappa shape index (κ2) is 6.93. The maximum atomic E-state index is 12.8. The lowest BCUT2D eigenvalue weighted by Crippen LogP contribution is -2.21. The molecule has 0 bridgehead atoms. The number of ether oxygens (including phenoxy) is 5. The van der Waals surface area contributed by atoms with Crippen molar-refractivity contribution in [1.29, 1.82) is 0 Å². The van der Waals surface area contributed by atoms with E-state index in [-0.39, 0.29) is 18.3 Å². The number of fused-ring (bicyclic) bond motifs is 1. The number of hydrogen-bond acceptors (Lipinski definition) is 6. The zero-order valence-corrected chi connectivity index (χ0v) is 14.6. The molecule has 0 amide bonds. The first-order valence-electron chi connectivity index (χ1n) is 7.79. The Hall–Kier alpha value is -2.89. The summed E-state index contributed by atoms with van der Waals surface area (Å²) in [5.74, 6) is 2.26. The number of hydrogen-bond donors (Lipinski definition) is 0. The molecule has 0 aromatic heterocycles. The molecule has 0 spiro atoms. The van der Waals surface area contributed by atoms with Gasteiger partial charge >= 0.3 is 0 Å². The molecule has 2 aromatic rings. The van der Waals surface area contributed by atoms with Crippen LogP contribution < -0.4 is 23.7 Å². The Kier molecular flexibility index (Phi) is 4.70. The van der Waals surface area contributed by atoms with Gasteiger partial charge in [-0.3, -0.25) is 4.79 Å². The van der Waals surface area contributed by atoms with Gasteiger partial charge in [0.25, 0.3) is 0 Å². The Morgan fingerprint density at radius 2 is 1.60 bits per heavy atom. The average Bonchev–Trinajstić information content (AvgIpc) is 2.66. The molecule has 6 nitrogen and oxygen atoms in total. The lowest BCUT2D eigenvalue weighted by Gasteiger charge is -2.28. The van der Waals surface area contributed by atoms with E-state index in [0.717, 1.165) is 11.3 Å². The van der Waals surface area contributed by atoms with Crippen molar-refractivity contribution >= 4 is 5.78 Å². The van der Waals surface area contributed by atoms with E-state index in [0.29, 0.717) is 28.6 Å². The molecule has 132 valence electrons. The average molecular weight is 344 g/mol. The third kappa shape index (κ3) is 2.95. The van der Waals surface area contributed by atoms with E-state index in [2.05, 4.69) is 0 Å². The number of benzene rings is 2. The molecule has 1 aliphatic heterocycles. The van der Waals surface area contributed by atoms with Gasteiger partial charge in [-0.1, -0.05) is 12.1 Å².